The second kappa shape index (κ2) is 3.98. The highest BCUT2D eigenvalue weighted by Crippen LogP contribution is 2.07. The van der Waals surface area contributed by atoms with Gasteiger partial charge in [-0.25, -0.2) is 9.67 Å². The lowest BCUT2D eigenvalue weighted by Crippen LogP contribution is -2.49. The van der Waals surface area contributed by atoms with E-state index in [9.17, 15) is 4.79 Å². The van der Waals surface area contributed by atoms with Crippen molar-refractivity contribution < 1.29 is 9.53 Å². The van der Waals surface area contributed by atoms with Crippen molar-refractivity contribution in [2.45, 2.75) is 32.9 Å². The van der Waals surface area contributed by atoms with E-state index in [1.165, 1.54) is 7.11 Å². The molecule has 1 aromatic rings. The molecule has 84 valence electrons. The molecule has 0 aromatic carbocycles. The fourth-order valence-electron chi connectivity index (χ4n) is 1.32. The van der Waals surface area contributed by atoms with Gasteiger partial charge in [0.05, 0.1) is 13.7 Å². The number of rotatable bonds is 3. The fourth-order valence-corrected chi connectivity index (χ4v) is 1.32. The average Bonchev–Trinajstić information content (AvgIpc) is 2.43. The molecule has 1 aromatic heterocycles. The van der Waals surface area contributed by atoms with Gasteiger partial charge in [0.15, 0.2) is 0 Å². The summed E-state index contributed by atoms with van der Waals surface area (Å²) in [6, 6.07) is 0. The zero-order valence-electron chi connectivity index (χ0n) is 9.44. The van der Waals surface area contributed by atoms with Crippen LogP contribution in [0.15, 0.2) is 0 Å². The van der Waals surface area contributed by atoms with Gasteiger partial charge in [0.25, 0.3) is 0 Å². The molecule has 0 aliphatic heterocycles. The molecule has 0 bridgehead atoms. The van der Waals surface area contributed by atoms with E-state index in [1.807, 2.05) is 6.92 Å². The molecular weight excluding hydrogens is 196 g/mol. The number of carbonyl (C=O) groups is 1. The van der Waals surface area contributed by atoms with Crippen molar-refractivity contribution in [3.63, 3.8) is 0 Å². The van der Waals surface area contributed by atoms with Crippen molar-refractivity contribution in [1.29, 1.82) is 0 Å². The van der Waals surface area contributed by atoms with Crippen LogP contribution >= 0.6 is 0 Å². The van der Waals surface area contributed by atoms with Gasteiger partial charge in [-0.1, -0.05) is 0 Å². The number of ether oxygens (including phenoxy) is 1. The Kier molecular flexibility index (Phi) is 3.09. The van der Waals surface area contributed by atoms with Crippen molar-refractivity contribution in [3.05, 3.63) is 11.6 Å². The fraction of sp³-hybridized carbons (Fsp3) is 0.667. The summed E-state index contributed by atoms with van der Waals surface area (Å²) < 4.78 is 6.21. The molecule has 0 spiro atoms. The molecule has 1 heterocycles. The molecule has 15 heavy (non-hydrogen) atoms. The maximum Gasteiger partial charge on any atom is 0.327 e. The highest BCUT2D eigenvalue weighted by atomic mass is 16.5. The summed E-state index contributed by atoms with van der Waals surface area (Å²) in [6.45, 7) is 5.46. The quantitative estimate of drug-likeness (QED) is 0.701. The minimum Gasteiger partial charge on any atom is -0.468 e. The topological polar surface area (TPSA) is 83.0 Å². The summed E-state index contributed by atoms with van der Waals surface area (Å²) in [5, 5.41) is 4.13. The number of nitrogens with zero attached hydrogens (tertiary/aromatic N) is 3. The van der Waals surface area contributed by atoms with Gasteiger partial charge in [-0.2, -0.15) is 5.10 Å². The van der Waals surface area contributed by atoms with E-state index >= 15 is 0 Å². The largest absolute Gasteiger partial charge is 0.468 e. The van der Waals surface area contributed by atoms with Crippen molar-refractivity contribution in [1.82, 2.24) is 14.8 Å². The molecular formula is C9H16N4O2. The van der Waals surface area contributed by atoms with Gasteiger partial charge in [-0.15, -0.1) is 0 Å². The van der Waals surface area contributed by atoms with Gasteiger partial charge in [0, 0.05) is 0 Å². The summed E-state index contributed by atoms with van der Waals surface area (Å²) in [4.78, 5) is 15.5. The number of hydrogen-bond acceptors (Lipinski definition) is 5. The highest BCUT2D eigenvalue weighted by molar-refractivity contribution is 5.79. The van der Waals surface area contributed by atoms with E-state index in [0.29, 0.717) is 5.82 Å². The molecule has 6 heteroatoms. The smallest absolute Gasteiger partial charge is 0.327 e. The molecule has 0 amide bonds. The average molecular weight is 212 g/mol. The Labute approximate surface area is 88.4 Å². The summed E-state index contributed by atoms with van der Waals surface area (Å²) in [5.74, 6) is 0.927. The molecule has 0 aliphatic carbocycles. The van der Waals surface area contributed by atoms with Crippen molar-refractivity contribution >= 4 is 5.97 Å². The number of aromatic nitrogens is 3. The van der Waals surface area contributed by atoms with Crippen LogP contribution in [0.2, 0.25) is 0 Å². The molecule has 0 radical (unpaired) electrons. The van der Waals surface area contributed by atoms with E-state index in [2.05, 4.69) is 14.8 Å². The number of esters is 1. The van der Waals surface area contributed by atoms with Gasteiger partial charge in [0.2, 0.25) is 0 Å². The van der Waals surface area contributed by atoms with Crippen LogP contribution in [0.5, 0.6) is 0 Å². The number of hydrogen-bond donors (Lipinski definition) is 1. The van der Waals surface area contributed by atoms with E-state index in [0.717, 1.165) is 5.82 Å². The Balaban J connectivity index is 2.85. The number of carbonyl (C=O) groups excluding carboxylic acids is 1. The first-order valence-electron chi connectivity index (χ1n) is 4.62. The molecule has 0 aliphatic rings. The molecule has 6 nitrogen and oxygen atoms in total. The third-order valence-electron chi connectivity index (χ3n) is 2.09. The van der Waals surface area contributed by atoms with Crippen LogP contribution in [-0.4, -0.2) is 33.4 Å². The first-order valence-corrected chi connectivity index (χ1v) is 4.62. The molecule has 1 rings (SSSR count). The van der Waals surface area contributed by atoms with Crippen LogP contribution in [0.4, 0.5) is 0 Å². The third kappa shape index (κ3) is 2.53. The van der Waals surface area contributed by atoms with Crippen LogP contribution < -0.4 is 5.73 Å². The monoisotopic (exact) mass is 212 g/mol. The van der Waals surface area contributed by atoms with Crippen molar-refractivity contribution in [2.24, 2.45) is 5.73 Å². The van der Waals surface area contributed by atoms with Crippen molar-refractivity contribution in [3.8, 4) is 0 Å². The minimum absolute atomic E-state index is 0.256. The third-order valence-corrected chi connectivity index (χ3v) is 2.09. The molecule has 0 saturated heterocycles. The summed E-state index contributed by atoms with van der Waals surface area (Å²) >= 11 is 0. The second-order valence-electron chi connectivity index (χ2n) is 3.77. The lowest BCUT2D eigenvalue weighted by atomic mass is 10.1. The Morgan fingerprint density at radius 2 is 2.20 bits per heavy atom. The predicted molar refractivity (Wildman–Crippen MR) is 54.1 cm³/mol. The molecule has 0 saturated carbocycles. The standard InChI is InChI=1S/C9H16N4O2/c1-6-11-7(2)13(12-6)5-9(3,10)8(14)15-4/h5,10H2,1-4H3. The molecule has 2 N–H and O–H groups in total. The van der Waals surface area contributed by atoms with Gasteiger partial charge >= 0.3 is 5.97 Å². The second-order valence-corrected chi connectivity index (χ2v) is 3.77. The van der Waals surface area contributed by atoms with Gasteiger partial charge in [0.1, 0.15) is 17.2 Å². The minimum atomic E-state index is -1.08. The molecule has 1 atom stereocenters. The van der Waals surface area contributed by atoms with Gasteiger partial charge in [-0.05, 0) is 20.8 Å². The van der Waals surface area contributed by atoms with Crippen LogP contribution in [0, 0.1) is 13.8 Å². The van der Waals surface area contributed by atoms with Crippen LogP contribution in [0.25, 0.3) is 0 Å². The summed E-state index contributed by atoms with van der Waals surface area (Å²) in [7, 11) is 1.31. The zero-order valence-corrected chi connectivity index (χ0v) is 9.44. The first kappa shape index (κ1) is 11.6. The first-order chi connectivity index (χ1) is 6.86. The van der Waals surface area contributed by atoms with Crippen LogP contribution in [0.3, 0.4) is 0 Å². The summed E-state index contributed by atoms with van der Waals surface area (Å²) in [5.41, 5.74) is 4.73. The van der Waals surface area contributed by atoms with E-state index in [1.54, 1.807) is 18.5 Å². The lowest BCUT2D eigenvalue weighted by molar-refractivity contribution is -0.147. The lowest BCUT2D eigenvalue weighted by Gasteiger charge is -2.21. The van der Waals surface area contributed by atoms with Crippen LogP contribution in [-0.2, 0) is 16.1 Å². The number of methoxy groups -OCH3 is 1. The Morgan fingerprint density at radius 3 is 2.60 bits per heavy atom. The Morgan fingerprint density at radius 1 is 1.60 bits per heavy atom. The van der Waals surface area contributed by atoms with Gasteiger partial charge < -0.3 is 10.5 Å². The predicted octanol–water partition coefficient (Wildman–Crippen LogP) is -0.215. The maximum atomic E-state index is 11.3. The normalized spacial score (nSPS) is 14.7. The maximum absolute atomic E-state index is 11.3. The van der Waals surface area contributed by atoms with E-state index < -0.39 is 11.5 Å². The summed E-state index contributed by atoms with van der Waals surface area (Å²) in [6.07, 6.45) is 0. The molecule has 0 fully saturated rings. The Bertz CT molecular complexity index is 370. The number of aryl methyl sites for hydroxylation is 2. The van der Waals surface area contributed by atoms with Crippen molar-refractivity contribution in [2.75, 3.05) is 7.11 Å². The highest BCUT2D eigenvalue weighted by Gasteiger charge is 2.31. The molecule has 1 unspecified atom stereocenters. The zero-order chi connectivity index (χ0) is 11.6. The Hall–Kier alpha value is -1.43. The van der Waals surface area contributed by atoms with E-state index in [4.69, 9.17) is 5.73 Å². The SMILES string of the molecule is COC(=O)C(C)(N)Cn1nc(C)nc1C. The van der Waals surface area contributed by atoms with E-state index in [-0.39, 0.29) is 6.54 Å². The van der Waals surface area contributed by atoms with Crippen LogP contribution in [0.1, 0.15) is 18.6 Å². The van der Waals surface area contributed by atoms with Gasteiger partial charge in [-0.3, -0.25) is 4.79 Å². The number of nitrogens with two attached hydrogens (primary N) is 1.